The first-order chi connectivity index (χ1) is 22.0. The summed E-state index contributed by atoms with van der Waals surface area (Å²) in [5.74, 6) is 0.284. The second-order valence-electron chi connectivity index (χ2n) is 14.5. The zero-order chi connectivity index (χ0) is 36.3. The molecule has 0 unspecified atom stereocenters. The number of hydrogen-bond acceptors (Lipinski definition) is 6. The first-order valence-corrected chi connectivity index (χ1v) is 18.8. The molecule has 0 aliphatic heterocycles. The van der Waals surface area contributed by atoms with Gasteiger partial charge in [-0.25, -0.2) is 0 Å². The molecule has 4 rings (SSSR count). The Balaban J connectivity index is 0.000000264. The van der Waals surface area contributed by atoms with Gasteiger partial charge in [0, 0.05) is 6.42 Å². The smallest absolute Gasteiger partial charge is 0.294 e. The molecular formula is C38H49NO7S2. The van der Waals surface area contributed by atoms with E-state index in [1.807, 2.05) is 64.1 Å². The minimum atomic E-state index is -4.48. The standard InChI is InChI=1S/C20H25NO.C18H24O6S2/c1-4-19(22)20(15-16-21(2)3,17-11-7-5-8-12-17)18-13-9-6-10-14-18;1-17(2,3)14-9-12(25(19,20)21)7-11-8-15(18(4,5)6)16(10-13(11)14)26(22,23)24/h5-14H,4,15-16H2,1-3H3;7-10H,1-6H3,(H,19,20,21)(H,22,23,24). The van der Waals surface area contributed by atoms with Crippen molar-refractivity contribution in [1.29, 1.82) is 0 Å². The van der Waals surface area contributed by atoms with Crippen molar-refractivity contribution in [2.24, 2.45) is 0 Å². The maximum atomic E-state index is 13.0. The molecule has 4 aromatic rings. The fourth-order valence-corrected chi connectivity index (χ4v) is 7.44. The van der Waals surface area contributed by atoms with Crippen LogP contribution >= 0.6 is 0 Å². The van der Waals surface area contributed by atoms with Crippen molar-refractivity contribution in [1.82, 2.24) is 4.90 Å². The van der Waals surface area contributed by atoms with Crippen LogP contribution in [0, 0.1) is 0 Å². The fraction of sp³-hybridized carbons (Fsp3) is 0.395. The van der Waals surface area contributed by atoms with Crippen LogP contribution in [0.15, 0.2) is 94.7 Å². The Morgan fingerprint density at radius 2 is 1.17 bits per heavy atom. The average Bonchev–Trinajstić information content (AvgIpc) is 2.99. The van der Waals surface area contributed by atoms with Crippen molar-refractivity contribution < 1.29 is 30.7 Å². The normalized spacial score (nSPS) is 12.9. The molecule has 8 nitrogen and oxygen atoms in total. The minimum absolute atomic E-state index is 0.206. The van der Waals surface area contributed by atoms with Crippen molar-refractivity contribution >= 4 is 36.8 Å². The van der Waals surface area contributed by atoms with Crippen LogP contribution in [0.4, 0.5) is 0 Å². The number of Topliss-reactive ketones (excluding diaryl/α,β-unsaturated/α-hetero) is 1. The maximum absolute atomic E-state index is 13.0. The Labute approximate surface area is 286 Å². The van der Waals surface area contributed by atoms with Crippen LogP contribution in [0.3, 0.4) is 0 Å². The van der Waals surface area contributed by atoms with E-state index in [0.29, 0.717) is 28.3 Å². The molecule has 0 aromatic heterocycles. The van der Waals surface area contributed by atoms with Crippen LogP contribution in [0.25, 0.3) is 10.8 Å². The zero-order valence-electron chi connectivity index (χ0n) is 29.4. The fourth-order valence-electron chi connectivity index (χ4n) is 5.99. The van der Waals surface area contributed by atoms with E-state index >= 15 is 0 Å². The van der Waals surface area contributed by atoms with Gasteiger partial charge >= 0.3 is 0 Å². The summed E-state index contributed by atoms with van der Waals surface area (Å²) in [6.45, 7) is 13.7. The molecule has 0 heterocycles. The maximum Gasteiger partial charge on any atom is 0.294 e. The van der Waals surface area contributed by atoms with Gasteiger partial charge in [-0.1, -0.05) is 109 Å². The van der Waals surface area contributed by atoms with Crippen LogP contribution in [0.1, 0.15) is 83.6 Å². The number of ketones is 1. The molecule has 0 radical (unpaired) electrons. The number of fused-ring (bicyclic) bond motifs is 1. The summed E-state index contributed by atoms with van der Waals surface area (Å²) < 4.78 is 66.5. The number of nitrogens with zero attached hydrogens (tertiary/aromatic N) is 1. The summed E-state index contributed by atoms with van der Waals surface area (Å²) in [5.41, 5.74) is 1.40. The van der Waals surface area contributed by atoms with Gasteiger partial charge in [-0.3, -0.25) is 13.9 Å². The van der Waals surface area contributed by atoms with Crippen LogP contribution in [-0.2, 0) is 41.3 Å². The van der Waals surface area contributed by atoms with Gasteiger partial charge in [0.05, 0.1) is 15.2 Å². The van der Waals surface area contributed by atoms with Crippen LogP contribution < -0.4 is 0 Å². The van der Waals surface area contributed by atoms with Crippen LogP contribution in [0.5, 0.6) is 0 Å². The molecular weight excluding hydrogens is 647 g/mol. The van der Waals surface area contributed by atoms with Crippen molar-refractivity contribution in [2.75, 3.05) is 20.6 Å². The second kappa shape index (κ2) is 14.6. The molecule has 0 saturated heterocycles. The zero-order valence-corrected chi connectivity index (χ0v) is 31.0. The monoisotopic (exact) mass is 695 g/mol. The van der Waals surface area contributed by atoms with Crippen LogP contribution in [0.2, 0.25) is 0 Å². The minimum Gasteiger partial charge on any atom is -0.309 e. The predicted octanol–water partition coefficient (Wildman–Crippen LogP) is 7.83. The summed E-state index contributed by atoms with van der Waals surface area (Å²) >= 11 is 0. The van der Waals surface area contributed by atoms with Gasteiger partial charge < -0.3 is 4.90 Å². The van der Waals surface area contributed by atoms with Crippen molar-refractivity contribution in [3.63, 3.8) is 0 Å². The number of rotatable bonds is 9. The Morgan fingerprint density at radius 3 is 1.54 bits per heavy atom. The molecule has 4 aromatic carbocycles. The van der Waals surface area contributed by atoms with Gasteiger partial charge in [0.2, 0.25) is 0 Å². The average molecular weight is 696 g/mol. The lowest BCUT2D eigenvalue weighted by molar-refractivity contribution is -0.123. The quantitative estimate of drug-likeness (QED) is 0.170. The number of carbonyl (C=O) groups excluding carboxylic acids is 1. The van der Waals surface area contributed by atoms with Crippen molar-refractivity contribution in [3.05, 3.63) is 107 Å². The Hall–Kier alpha value is -3.41. The lowest BCUT2D eigenvalue weighted by Gasteiger charge is -2.34. The molecule has 0 amide bonds. The molecule has 0 atom stereocenters. The van der Waals surface area contributed by atoms with Crippen molar-refractivity contribution in [2.45, 2.75) is 87.3 Å². The molecule has 0 aliphatic rings. The van der Waals surface area contributed by atoms with Crippen molar-refractivity contribution in [3.8, 4) is 0 Å². The predicted molar refractivity (Wildman–Crippen MR) is 193 cm³/mol. The molecule has 0 spiro atoms. The first kappa shape index (κ1) is 39.0. The highest BCUT2D eigenvalue weighted by atomic mass is 32.2. The van der Waals surface area contributed by atoms with E-state index in [4.69, 9.17) is 0 Å². The lowest BCUT2D eigenvalue weighted by Crippen LogP contribution is -2.39. The highest BCUT2D eigenvalue weighted by Crippen LogP contribution is 2.39. The van der Waals surface area contributed by atoms with E-state index in [1.165, 1.54) is 18.2 Å². The summed E-state index contributed by atoms with van der Waals surface area (Å²) in [6.07, 6.45) is 1.33. The van der Waals surface area contributed by atoms with Gasteiger partial charge in [-0.05, 0) is 95.2 Å². The Kier molecular flexibility index (Phi) is 11.9. The molecule has 260 valence electrons. The number of hydrogen-bond donors (Lipinski definition) is 2. The van der Waals surface area contributed by atoms with Gasteiger partial charge in [-0.15, -0.1) is 0 Å². The third-order valence-electron chi connectivity index (χ3n) is 8.48. The third kappa shape index (κ3) is 8.98. The SMILES string of the molecule is CC(C)(C)c1cc2cc(S(=O)(=O)O)cc(C(C)(C)C)c2cc1S(=O)(=O)O.CCC(=O)C(CCN(C)C)(c1ccccc1)c1ccccc1. The highest BCUT2D eigenvalue weighted by molar-refractivity contribution is 7.86. The number of benzene rings is 4. The largest absolute Gasteiger partial charge is 0.309 e. The van der Waals surface area contributed by atoms with Gasteiger partial charge in [-0.2, -0.15) is 16.8 Å². The van der Waals surface area contributed by atoms with E-state index in [9.17, 15) is 30.7 Å². The van der Waals surface area contributed by atoms with E-state index in [-0.39, 0.29) is 15.6 Å². The topological polar surface area (TPSA) is 129 Å². The van der Waals surface area contributed by atoms with E-state index in [0.717, 1.165) is 24.1 Å². The van der Waals surface area contributed by atoms with Gasteiger partial charge in [0.1, 0.15) is 5.78 Å². The second-order valence-corrected chi connectivity index (χ2v) is 17.3. The first-order valence-electron chi connectivity index (χ1n) is 15.9. The van der Waals surface area contributed by atoms with Gasteiger partial charge in [0.15, 0.2) is 0 Å². The summed E-state index contributed by atoms with van der Waals surface area (Å²) in [5, 5.41) is 0.980. The molecule has 10 heteroatoms. The molecule has 0 fully saturated rings. The molecule has 0 saturated carbocycles. The highest BCUT2D eigenvalue weighted by Gasteiger charge is 2.40. The van der Waals surface area contributed by atoms with E-state index < -0.39 is 36.5 Å². The summed E-state index contributed by atoms with van der Waals surface area (Å²) in [6, 6.07) is 26.0. The molecule has 48 heavy (non-hydrogen) atoms. The molecule has 0 bridgehead atoms. The van der Waals surface area contributed by atoms with Crippen LogP contribution in [-0.4, -0.2) is 57.3 Å². The number of carbonyl (C=O) groups is 1. The third-order valence-corrected chi connectivity index (χ3v) is 10.2. The van der Waals surface area contributed by atoms with E-state index in [2.05, 4.69) is 43.3 Å². The van der Waals surface area contributed by atoms with E-state index in [1.54, 1.807) is 26.8 Å². The molecule has 2 N–H and O–H groups in total. The molecule has 0 aliphatic carbocycles. The summed E-state index contributed by atoms with van der Waals surface area (Å²) in [4.78, 5) is 14.7. The van der Waals surface area contributed by atoms with Gasteiger partial charge in [0.25, 0.3) is 20.2 Å². The Morgan fingerprint density at radius 1 is 0.688 bits per heavy atom. The lowest BCUT2D eigenvalue weighted by atomic mass is 9.68. The Bertz CT molecular complexity index is 1920. The summed E-state index contributed by atoms with van der Waals surface area (Å²) in [7, 11) is -4.80.